The number of nitrogens with one attached hydrogen (secondary N) is 1. The number of rotatable bonds is 3. The summed E-state index contributed by atoms with van der Waals surface area (Å²) in [5.41, 5.74) is 2.25. The molecule has 1 fully saturated rings. The maximum absolute atomic E-state index is 12.3. The Hall–Kier alpha value is -1.95. The van der Waals surface area contributed by atoms with Gasteiger partial charge in [-0.25, -0.2) is 9.97 Å². The van der Waals surface area contributed by atoms with Crippen molar-refractivity contribution >= 4 is 33.5 Å². The van der Waals surface area contributed by atoms with Crippen LogP contribution >= 0.6 is 15.9 Å². The zero-order valence-corrected chi connectivity index (χ0v) is 13.9. The first-order valence-corrected chi connectivity index (χ1v) is 8.07. The molecule has 0 saturated carbocycles. The van der Waals surface area contributed by atoms with Crippen molar-refractivity contribution < 1.29 is 4.79 Å². The number of benzene rings is 1. The molecule has 0 radical (unpaired) electrons. The van der Waals surface area contributed by atoms with Crippen LogP contribution in [-0.2, 0) is 0 Å². The van der Waals surface area contributed by atoms with Crippen molar-refractivity contribution in [2.45, 2.75) is 19.8 Å². The monoisotopic (exact) mass is 360 g/mol. The van der Waals surface area contributed by atoms with Gasteiger partial charge in [0.15, 0.2) is 0 Å². The van der Waals surface area contributed by atoms with Gasteiger partial charge in [-0.3, -0.25) is 4.79 Å². The summed E-state index contributed by atoms with van der Waals surface area (Å²) in [6.45, 7) is 3.93. The molecule has 2 aromatic rings. The lowest BCUT2D eigenvalue weighted by Gasteiger charge is -2.14. The Morgan fingerprint density at radius 3 is 2.55 bits per heavy atom. The van der Waals surface area contributed by atoms with E-state index in [1.165, 1.54) is 12.8 Å². The Bertz CT molecular complexity index is 681. The predicted molar refractivity (Wildman–Crippen MR) is 90.3 cm³/mol. The molecule has 5 nitrogen and oxygen atoms in total. The summed E-state index contributed by atoms with van der Waals surface area (Å²) in [6.07, 6.45) is 5.53. The van der Waals surface area contributed by atoms with Crippen molar-refractivity contribution in [2.75, 3.05) is 23.3 Å². The van der Waals surface area contributed by atoms with Gasteiger partial charge in [-0.1, -0.05) is 15.9 Å². The molecule has 0 aliphatic carbocycles. The molecule has 1 aromatic carbocycles. The highest BCUT2D eigenvalue weighted by atomic mass is 79.9. The van der Waals surface area contributed by atoms with Gasteiger partial charge in [0.05, 0.1) is 5.56 Å². The summed E-state index contributed by atoms with van der Waals surface area (Å²) in [6, 6.07) is 5.73. The minimum absolute atomic E-state index is 0.196. The molecule has 1 aromatic heterocycles. The van der Waals surface area contributed by atoms with Crippen LogP contribution in [0.1, 0.15) is 28.8 Å². The predicted octanol–water partition coefficient (Wildman–Crippen LogP) is 3.40. The molecule has 6 heteroatoms. The van der Waals surface area contributed by atoms with E-state index in [0.717, 1.165) is 28.8 Å². The second kappa shape index (κ2) is 6.44. The summed E-state index contributed by atoms with van der Waals surface area (Å²) in [7, 11) is 0. The van der Waals surface area contributed by atoms with E-state index in [2.05, 4.69) is 36.1 Å². The molecule has 0 spiro atoms. The first-order chi connectivity index (χ1) is 10.6. The van der Waals surface area contributed by atoms with E-state index in [9.17, 15) is 4.79 Å². The molecular weight excluding hydrogens is 344 g/mol. The molecule has 2 heterocycles. The van der Waals surface area contributed by atoms with E-state index in [-0.39, 0.29) is 5.91 Å². The van der Waals surface area contributed by atoms with Gasteiger partial charge in [-0.05, 0) is 43.5 Å². The van der Waals surface area contributed by atoms with Crippen LogP contribution in [0.3, 0.4) is 0 Å². The van der Waals surface area contributed by atoms with Gasteiger partial charge in [0.2, 0.25) is 5.95 Å². The van der Waals surface area contributed by atoms with Crippen molar-refractivity contribution in [3.8, 4) is 0 Å². The molecule has 1 aliphatic rings. The third-order valence-electron chi connectivity index (χ3n) is 3.73. The molecule has 0 bridgehead atoms. The van der Waals surface area contributed by atoms with Crippen molar-refractivity contribution in [1.29, 1.82) is 0 Å². The molecule has 0 atom stereocenters. The van der Waals surface area contributed by atoms with E-state index in [4.69, 9.17) is 0 Å². The topological polar surface area (TPSA) is 58.1 Å². The Kier molecular flexibility index (Phi) is 4.38. The molecule has 3 rings (SSSR count). The number of anilines is 2. The molecule has 1 saturated heterocycles. The molecule has 1 aliphatic heterocycles. The highest BCUT2D eigenvalue weighted by Gasteiger charge is 2.15. The van der Waals surface area contributed by atoms with Gasteiger partial charge in [0.25, 0.3) is 5.91 Å². The lowest BCUT2D eigenvalue weighted by molar-refractivity contribution is 0.102. The normalized spacial score (nSPS) is 14.2. The van der Waals surface area contributed by atoms with E-state index in [1.54, 1.807) is 12.4 Å². The van der Waals surface area contributed by atoms with Gasteiger partial charge in [0.1, 0.15) is 0 Å². The number of aryl methyl sites for hydroxylation is 1. The minimum Gasteiger partial charge on any atom is -0.341 e. The second-order valence-corrected chi connectivity index (χ2v) is 6.29. The van der Waals surface area contributed by atoms with Gasteiger partial charge in [-0.15, -0.1) is 0 Å². The first-order valence-electron chi connectivity index (χ1n) is 7.28. The van der Waals surface area contributed by atoms with E-state index in [0.29, 0.717) is 11.5 Å². The van der Waals surface area contributed by atoms with Crippen LogP contribution in [0.15, 0.2) is 35.1 Å². The number of aromatic nitrogens is 2. The quantitative estimate of drug-likeness (QED) is 0.911. The summed E-state index contributed by atoms with van der Waals surface area (Å²) in [4.78, 5) is 23.0. The highest BCUT2D eigenvalue weighted by Crippen LogP contribution is 2.21. The summed E-state index contributed by atoms with van der Waals surface area (Å²) in [5, 5.41) is 2.89. The number of carbonyl (C=O) groups is 1. The molecule has 1 N–H and O–H groups in total. The number of hydrogen-bond acceptors (Lipinski definition) is 4. The Morgan fingerprint density at radius 2 is 1.91 bits per heavy atom. The van der Waals surface area contributed by atoms with E-state index < -0.39 is 0 Å². The Morgan fingerprint density at radius 1 is 1.23 bits per heavy atom. The summed E-state index contributed by atoms with van der Waals surface area (Å²) >= 11 is 3.41. The molecule has 22 heavy (non-hydrogen) atoms. The smallest absolute Gasteiger partial charge is 0.258 e. The van der Waals surface area contributed by atoms with Crippen LogP contribution < -0.4 is 10.2 Å². The second-order valence-electron chi connectivity index (χ2n) is 5.38. The summed E-state index contributed by atoms with van der Waals surface area (Å²) < 4.78 is 0.987. The number of carbonyl (C=O) groups excluding carboxylic acids is 1. The fourth-order valence-corrected chi connectivity index (χ4v) is 2.96. The van der Waals surface area contributed by atoms with E-state index in [1.807, 2.05) is 25.1 Å². The number of hydrogen-bond donors (Lipinski definition) is 1. The third kappa shape index (κ3) is 3.27. The lowest BCUT2D eigenvalue weighted by atomic mass is 10.2. The van der Waals surface area contributed by atoms with Crippen LogP contribution in [0.2, 0.25) is 0 Å². The molecule has 1 amide bonds. The maximum Gasteiger partial charge on any atom is 0.258 e. The van der Waals surface area contributed by atoms with Crippen molar-refractivity contribution in [2.24, 2.45) is 0 Å². The zero-order valence-electron chi connectivity index (χ0n) is 12.3. The van der Waals surface area contributed by atoms with Gasteiger partial charge < -0.3 is 10.2 Å². The SMILES string of the molecule is Cc1cc(Br)ccc1NC(=O)c1cnc(N2CCCC2)nc1. The number of amides is 1. The van der Waals surface area contributed by atoms with Crippen LogP contribution in [0.4, 0.5) is 11.6 Å². The fourth-order valence-electron chi connectivity index (χ4n) is 2.48. The highest BCUT2D eigenvalue weighted by molar-refractivity contribution is 9.10. The average Bonchev–Trinajstić information content (AvgIpc) is 3.04. The van der Waals surface area contributed by atoms with Gasteiger partial charge >= 0.3 is 0 Å². The van der Waals surface area contributed by atoms with Crippen LogP contribution in [0, 0.1) is 6.92 Å². The van der Waals surface area contributed by atoms with Crippen LogP contribution in [0.25, 0.3) is 0 Å². The van der Waals surface area contributed by atoms with Crippen LogP contribution in [0.5, 0.6) is 0 Å². The van der Waals surface area contributed by atoms with Gasteiger partial charge in [0, 0.05) is 35.6 Å². The largest absolute Gasteiger partial charge is 0.341 e. The molecule has 0 unspecified atom stereocenters. The minimum atomic E-state index is -0.196. The van der Waals surface area contributed by atoms with E-state index >= 15 is 0 Å². The average molecular weight is 361 g/mol. The van der Waals surface area contributed by atoms with Crippen LogP contribution in [-0.4, -0.2) is 29.0 Å². The number of nitrogens with zero attached hydrogens (tertiary/aromatic N) is 3. The zero-order chi connectivity index (χ0) is 15.5. The van der Waals surface area contributed by atoms with Crippen molar-refractivity contribution in [1.82, 2.24) is 9.97 Å². The maximum atomic E-state index is 12.3. The lowest BCUT2D eigenvalue weighted by Crippen LogP contribution is -2.21. The van der Waals surface area contributed by atoms with Crippen molar-refractivity contribution in [3.05, 3.63) is 46.2 Å². The molecular formula is C16H17BrN4O. The Labute approximate surface area is 137 Å². The fraction of sp³-hybridized carbons (Fsp3) is 0.312. The van der Waals surface area contributed by atoms with Gasteiger partial charge in [-0.2, -0.15) is 0 Å². The van der Waals surface area contributed by atoms with Crippen molar-refractivity contribution in [3.63, 3.8) is 0 Å². The standard InChI is InChI=1S/C16H17BrN4O/c1-11-8-13(17)4-5-14(11)20-15(22)12-9-18-16(19-10-12)21-6-2-3-7-21/h4-5,8-10H,2-3,6-7H2,1H3,(H,20,22). The summed E-state index contributed by atoms with van der Waals surface area (Å²) in [5.74, 6) is 0.507. The Balaban J connectivity index is 1.71. The molecule has 114 valence electrons. The first kappa shape index (κ1) is 15.0. The third-order valence-corrected chi connectivity index (χ3v) is 4.22. The number of halogens is 1.